The SMILES string of the molecule is O=C(N1CCOCC1)N1CC(c2ccc(OC(F)(F)F)cc2)CC(c2cn(Cc3ccc(F)cc3)cn2)C1. The highest BCUT2D eigenvalue weighted by atomic mass is 19.4. The molecule has 0 spiro atoms. The Labute approximate surface area is 217 Å². The van der Waals surface area contributed by atoms with E-state index in [-0.39, 0.29) is 29.4 Å². The summed E-state index contributed by atoms with van der Waals surface area (Å²) >= 11 is 0. The van der Waals surface area contributed by atoms with Crippen LogP contribution in [-0.4, -0.2) is 71.1 Å². The van der Waals surface area contributed by atoms with Gasteiger partial charge in [0.15, 0.2) is 0 Å². The number of ether oxygens (including phenoxy) is 2. The number of likely N-dealkylation sites (tertiary alicyclic amines) is 1. The Balaban J connectivity index is 1.35. The number of urea groups is 1. The van der Waals surface area contributed by atoms with Crippen molar-refractivity contribution in [3.8, 4) is 5.75 Å². The molecule has 2 aliphatic heterocycles. The van der Waals surface area contributed by atoms with E-state index in [0.717, 1.165) is 16.8 Å². The van der Waals surface area contributed by atoms with Crippen LogP contribution in [0, 0.1) is 5.82 Å². The van der Waals surface area contributed by atoms with Gasteiger partial charge in [-0.15, -0.1) is 13.2 Å². The number of nitrogens with zero attached hydrogens (tertiary/aromatic N) is 4. The number of piperidine rings is 1. The molecule has 0 N–H and O–H groups in total. The lowest BCUT2D eigenvalue weighted by Crippen LogP contribution is -2.52. The Morgan fingerprint density at radius 2 is 1.66 bits per heavy atom. The van der Waals surface area contributed by atoms with Gasteiger partial charge in [-0.1, -0.05) is 24.3 Å². The zero-order chi connectivity index (χ0) is 26.7. The molecular formula is C27H28F4N4O3. The van der Waals surface area contributed by atoms with Crippen LogP contribution in [0.15, 0.2) is 61.1 Å². The van der Waals surface area contributed by atoms with Crippen molar-refractivity contribution < 1.29 is 31.8 Å². The van der Waals surface area contributed by atoms with Gasteiger partial charge in [0.2, 0.25) is 0 Å². The Morgan fingerprint density at radius 1 is 0.974 bits per heavy atom. The standard InChI is InChI=1S/C27H28F4N4O3/c28-23-5-1-19(2-6-23)14-33-17-25(32-18-33)22-13-21(20-3-7-24(8-4-20)38-27(29,30)31)15-35(16-22)26(36)34-9-11-37-12-10-34/h1-8,17-18,21-22H,9-16H2. The van der Waals surface area contributed by atoms with Gasteiger partial charge in [-0.3, -0.25) is 0 Å². The van der Waals surface area contributed by atoms with Crippen LogP contribution in [0.3, 0.4) is 0 Å². The molecule has 2 aliphatic rings. The Kier molecular flexibility index (Phi) is 7.55. The lowest BCUT2D eigenvalue weighted by molar-refractivity contribution is -0.274. The predicted molar refractivity (Wildman–Crippen MR) is 130 cm³/mol. The molecule has 2 atom stereocenters. The summed E-state index contributed by atoms with van der Waals surface area (Å²) in [5.74, 6) is -0.744. The van der Waals surface area contributed by atoms with Gasteiger partial charge in [0.05, 0.1) is 25.2 Å². The number of morpholine rings is 1. The number of amides is 2. The lowest BCUT2D eigenvalue weighted by atomic mass is 9.83. The molecule has 7 nitrogen and oxygen atoms in total. The van der Waals surface area contributed by atoms with E-state index in [1.165, 1.54) is 24.3 Å². The number of carbonyl (C=O) groups is 1. The van der Waals surface area contributed by atoms with E-state index in [4.69, 9.17) is 4.74 Å². The van der Waals surface area contributed by atoms with Gasteiger partial charge < -0.3 is 23.8 Å². The molecule has 38 heavy (non-hydrogen) atoms. The average molecular weight is 533 g/mol. The van der Waals surface area contributed by atoms with Gasteiger partial charge >= 0.3 is 12.4 Å². The number of halogens is 4. The van der Waals surface area contributed by atoms with Crippen molar-refractivity contribution in [1.82, 2.24) is 19.4 Å². The van der Waals surface area contributed by atoms with E-state index in [0.29, 0.717) is 52.4 Å². The minimum absolute atomic E-state index is 0.0701. The number of alkyl halides is 3. The summed E-state index contributed by atoms with van der Waals surface area (Å²) in [6.45, 7) is 3.46. The normalized spacial score (nSPS) is 20.4. The molecular weight excluding hydrogens is 504 g/mol. The van der Waals surface area contributed by atoms with E-state index in [9.17, 15) is 22.4 Å². The fraction of sp³-hybridized carbons (Fsp3) is 0.407. The highest BCUT2D eigenvalue weighted by Gasteiger charge is 2.35. The van der Waals surface area contributed by atoms with Crippen molar-refractivity contribution in [2.24, 2.45) is 0 Å². The second-order valence-corrected chi connectivity index (χ2v) is 9.63. The molecule has 1 aromatic heterocycles. The Morgan fingerprint density at radius 3 is 2.34 bits per heavy atom. The Bertz CT molecular complexity index is 1220. The van der Waals surface area contributed by atoms with E-state index in [1.807, 2.05) is 15.7 Å². The summed E-state index contributed by atoms with van der Waals surface area (Å²) < 4.78 is 62.4. The first-order valence-corrected chi connectivity index (χ1v) is 12.5. The number of hydrogen-bond donors (Lipinski definition) is 0. The summed E-state index contributed by atoms with van der Waals surface area (Å²) in [5, 5.41) is 0. The molecule has 0 aliphatic carbocycles. The summed E-state index contributed by atoms with van der Waals surface area (Å²) in [5.41, 5.74) is 2.59. The smallest absolute Gasteiger partial charge is 0.406 e. The highest BCUT2D eigenvalue weighted by molar-refractivity contribution is 5.75. The quantitative estimate of drug-likeness (QED) is 0.435. The number of aromatic nitrogens is 2. The van der Waals surface area contributed by atoms with Crippen LogP contribution >= 0.6 is 0 Å². The minimum Gasteiger partial charge on any atom is -0.406 e. The van der Waals surface area contributed by atoms with Crippen molar-refractivity contribution >= 4 is 6.03 Å². The second kappa shape index (κ2) is 11.0. The van der Waals surface area contributed by atoms with Gasteiger partial charge in [0.1, 0.15) is 11.6 Å². The highest BCUT2D eigenvalue weighted by Crippen LogP contribution is 2.37. The largest absolute Gasteiger partial charge is 0.573 e. The first-order chi connectivity index (χ1) is 18.2. The number of carbonyl (C=O) groups excluding carboxylic acids is 1. The number of hydrogen-bond acceptors (Lipinski definition) is 4. The average Bonchev–Trinajstić information content (AvgIpc) is 3.38. The van der Waals surface area contributed by atoms with Crippen LogP contribution in [0.25, 0.3) is 0 Å². The molecule has 2 amide bonds. The second-order valence-electron chi connectivity index (χ2n) is 9.63. The molecule has 11 heteroatoms. The molecule has 2 fully saturated rings. The van der Waals surface area contributed by atoms with Crippen LogP contribution in [0.5, 0.6) is 5.75 Å². The van der Waals surface area contributed by atoms with Gasteiger partial charge in [-0.05, 0) is 41.8 Å². The van der Waals surface area contributed by atoms with Crippen molar-refractivity contribution in [3.63, 3.8) is 0 Å². The zero-order valence-corrected chi connectivity index (χ0v) is 20.6. The molecule has 5 rings (SSSR count). The maximum Gasteiger partial charge on any atom is 0.573 e. The summed E-state index contributed by atoms with van der Waals surface area (Å²) in [7, 11) is 0. The zero-order valence-electron chi connectivity index (χ0n) is 20.6. The maximum absolute atomic E-state index is 13.4. The van der Waals surface area contributed by atoms with Crippen molar-refractivity contribution in [1.29, 1.82) is 0 Å². The predicted octanol–water partition coefficient (Wildman–Crippen LogP) is 4.99. The maximum atomic E-state index is 13.4. The molecule has 0 bridgehead atoms. The molecule has 0 radical (unpaired) electrons. The lowest BCUT2D eigenvalue weighted by Gasteiger charge is -2.40. The molecule has 2 saturated heterocycles. The molecule has 202 valence electrons. The van der Waals surface area contributed by atoms with Gasteiger partial charge in [0, 0.05) is 50.8 Å². The van der Waals surface area contributed by atoms with E-state index < -0.39 is 6.36 Å². The summed E-state index contributed by atoms with van der Waals surface area (Å²) in [6, 6.07) is 12.1. The molecule has 3 heterocycles. The first kappa shape index (κ1) is 26.0. The van der Waals surface area contributed by atoms with Gasteiger partial charge in [-0.2, -0.15) is 0 Å². The number of benzene rings is 2. The molecule has 2 aromatic carbocycles. The monoisotopic (exact) mass is 532 g/mol. The molecule has 3 aromatic rings. The summed E-state index contributed by atoms with van der Waals surface area (Å²) in [4.78, 5) is 21.6. The van der Waals surface area contributed by atoms with Crippen LogP contribution in [0.1, 0.15) is 35.1 Å². The number of rotatable bonds is 5. The van der Waals surface area contributed by atoms with Crippen LogP contribution in [-0.2, 0) is 11.3 Å². The first-order valence-electron chi connectivity index (χ1n) is 12.5. The van der Waals surface area contributed by atoms with E-state index >= 15 is 0 Å². The third-order valence-electron chi connectivity index (χ3n) is 6.94. The van der Waals surface area contributed by atoms with Gasteiger partial charge in [0.25, 0.3) is 0 Å². The fourth-order valence-electron chi connectivity index (χ4n) is 5.08. The van der Waals surface area contributed by atoms with Crippen LogP contribution in [0.4, 0.5) is 22.4 Å². The molecule has 2 unspecified atom stereocenters. The third-order valence-corrected chi connectivity index (χ3v) is 6.94. The van der Waals surface area contributed by atoms with Crippen molar-refractivity contribution in [2.45, 2.75) is 31.2 Å². The Hall–Kier alpha value is -3.60. The van der Waals surface area contributed by atoms with Crippen molar-refractivity contribution in [2.75, 3.05) is 39.4 Å². The third kappa shape index (κ3) is 6.45. The van der Waals surface area contributed by atoms with Crippen LogP contribution < -0.4 is 4.74 Å². The number of imidazole rings is 1. The minimum atomic E-state index is -4.76. The van der Waals surface area contributed by atoms with Crippen molar-refractivity contribution in [3.05, 3.63) is 83.7 Å². The fourth-order valence-corrected chi connectivity index (χ4v) is 5.08. The van der Waals surface area contributed by atoms with E-state index in [2.05, 4.69) is 9.72 Å². The topological polar surface area (TPSA) is 59.8 Å². The van der Waals surface area contributed by atoms with Crippen LogP contribution in [0.2, 0.25) is 0 Å². The molecule has 0 saturated carbocycles. The van der Waals surface area contributed by atoms with Gasteiger partial charge in [-0.25, -0.2) is 14.2 Å². The summed E-state index contributed by atoms with van der Waals surface area (Å²) in [6.07, 6.45) is -0.417. The van der Waals surface area contributed by atoms with E-state index in [1.54, 1.807) is 35.5 Å².